The first-order valence-electron chi connectivity index (χ1n) is 9.14. The molecular formula is C20H20N2O5S2. The molecule has 1 amide bonds. The molecule has 0 unspecified atom stereocenters. The first kappa shape index (κ1) is 21.1. The largest absolute Gasteiger partial charge is 0.481 e. The molecule has 152 valence electrons. The Hall–Kier alpha value is -2.65. The minimum atomic E-state index is -1.01. The van der Waals surface area contributed by atoms with E-state index in [-0.39, 0.29) is 27.8 Å². The summed E-state index contributed by atoms with van der Waals surface area (Å²) in [7, 11) is 0. The topological polar surface area (TPSA) is 91.1 Å². The molecule has 0 saturated carbocycles. The van der Waals surface area contributed by atoms with E-state index in [1.165, 1.54) is 11.0 Å². The smallest absolute Gasteiger partial charge is 0.343 e. The minimum Gasteiger partial charge on any atom is -0.481 e. The number of rotatable bonds is 7. The number of carboxylic acids is 1. The Balaban J connectivity index is 1.92. The molecule has 1 N–H and O–H groups in total. The highest BCUT2D eigenvalue weighted by atomic mass is 32.2. The van der Waals surface area contributed by atoms with Crippen molar-refractivity contribution in [1.82, 2.24) is 4.90 Å². The number of hydrogen-bond acceptors (Lipinski definition) is 7. The molecule has 0 spiro atoms. The van der Waals surface area contributed by atoms with Crippen LogP contribution in [0.4, 0.5) is 5.69 Å². The minimum absolute atomic E-state index is 0.00218. The van der Waals surface area contributed by atoms with Crippen LogP contribution in [-0.2, 0) is 9.59 Å². The zero-order valence-corrected chi connectivity index (χ0v) is 17.6. The van der Waals surface area contributed by atoms with Gasteiger partial charge in [-0.3, -0.25) is 14.5 Å². The number of amides is 1. The van der Waals surface area contributed by atoms with Crippen molar-refractivity contribution in [3.8, 4) is 0 Å². The molecule has 2 heterocycles. The maximum absolute atomic E-state index is 12.5. The van der Waals surface area contributed by atoms with Gasteiger partial charge >= 0.3 is 11.6 Å². The number of carbonyl (C=O) groups excluding carboxylic acids is 1. The summed E-state index contributed by atoms with van der Waals surface area (Å²) in [6.45, 7) is 5.79. The summed E-state index contributed by atoms with van der Waals surface area (Å²) < 4.78 is 5.75. The third-order valence-corrected chi connectivity index (χ3v) is 5.96. The number of benzene rings is 1. The Morgan fingerprint density at radius 3 is 2.66 bits per heavy atom. The lowest BCUT2D eigenvalue weighted by Gasteiger charge is -2.20. The van der Waals surface area contributed by atoms with Crippen molar-refractivity contribution < 1.29 is 19.1 Å². The molecule has 0 bridgehead atoms. The van der Waals surface area contributed by atoms with Gasteiger partial charge in [0.2, 0.25) is 0 Å². The Bertz CT molecular complexity index is 1070. The summed E-state index contributed by atoms with van der Waals surface area (Å²) in [5.74, 6) is -1.42. The van der Waals surface area contributed by atoms with E-state index >= 15 is 0 Å². The molecule has 1 aliphatic heterocycles. The number of anilines is 1. The lowest BCUT2D eigenvalue weighted by molar-refractivity contribution is -0.137. The van der Waals surface area contributed by atoms with E-state index in [2.05, 4.69) is 18.7 Å². The molecule has 29 heavy (non-hydrogen) atoms. The van der Waals surface area contributed by atoms with Crippen molar-refractivity contribution in [3.05, 3.63) is 45.2 Å². The van der Waals surface area contributed by atoms with Crippen LogP contribution in [0.2, 0.25) is 0 Å². The van der Waals surface area contributed by atoms with Crippen LogP contribution < -0.4 is 10.5 Å². The standard InChI is InChI=1S/C20H20N2O5S2/c1-3-21(4-2)14-6-5-12-9-13(19(26)27-15(12)11-14)10-16-18(25)22(20(28)29-16)8-7-17(23)24/h5-6,9-11H,3-4,7-8H2,1-2H3,(H,23,24)/b16-10+. The quantitative estimate of drug-likeness (QED) is 0.405. The lowest BCUT2D eigenvalue weighted by Crippen LogP contribution is -2.30. The number of aliphatic carboxylic acids is 1. The van der Waals surface area contributed by atoms with Crippen LogP contribution in [0.3, 0.4) is 0 Å². The molecular weight excluding hydrogens is 412 g/mol. The average molecular weight is 433 g/mol. The van der Waals surface area contributed by atoms with E-state index in [0.29, 0.717) is 5.58 Å². The number of thiocarbonyl (C=S) groups is 1. The van der Waals surface area contributed by atoms with E-state index in [4.69, 9.17) is 21.7 Å². The van der Waals surface area contributed by atoms with Crippen molar-refractivity contribution in [2.45, 2.75) is 20.3 Å². The first-order valence-corrected chi connectivity index (χ1v) is 10.4. The zero-order valence-electron chi connectivity index (χ0n) is 16.0. The van der Waals surface area contributed by atoms with E-state index in [1.54, 1.807) is 6.07 Å². The monoisotopic (exact) mass is 432 g/mol. The van der Waals surface area contributed by atoms with E-state index in [9.17, 15) is 14.4 Å². The van der Waals surface area contributed by atoms with Gasteiger partial charge in [0.05, 0.1) is 16.9 Å². The molecule has 1 saturated heterocycles. The maximum atomic E-state index is 12.5. The predicted octanol–water partition coefficient (Wildman–Crippen LogP) is 3.32. The Morgan fingerprint density at radius 2 is 2.00 bits per heavy atom. The van der Waals surface area contributed by atoms with Crippen LogP contribution >= 0.6 is 24.0 Å². The highest BCUT2D eigenvalue weighted by Gasteiger charge is 2.32. The van der Waals surface area contributed by atoms with Crippen LogP contribution in [0.25, 0.3) is 17.0 Å². The molecule has 1 aromatic heterocycles. The summed E-state index contributed by atoms with van der Waals surface area (Å²) in [4.78, 5) is 39.4. The Morgan fingerprint density at radius 1 is 1.28 bits per heavy atom. The average Bonchev–Trinajstić information content (AvgIpc) is 2.94. The predicted molar refractivity (Wildman–Crippen MR) is 118 cm³/mol. The summed E-state index contributed by atoms with van der Waals surface area (Å²) >= 11 is 6.21. The fourth-order valence-corrected chi connectivity index (χ4v) is 4.34. The van der Waals surface area contributed by atoms with Crippen molar-refractivity contribution in [3.63, 3.8) is 0 Å². The SMILES string of the molecule is CCN(CC)c1ccc2cc(/C=C3/SC(=S)N(CCC(=O)O)C3=O)c(=O)oc2c1. The molecule has 2 aromatic rings. The lowest BCUT2D eigenvalue weighted by atomic mass is 10.1. The van der Waals surface area contributed by atoms with Gasteiger partial charge in [-0.2, -0.15) is 0 Å². The molecule has 0 atom stereocenters. The number of carboxylic acid groups (broad SMARTS) is 1. The Labute approximate surface area is 177 Å². The van der Waals surface area contributed by atoms with Gasteiger partial charge in [0.15, 0.2) is 0 Å². The molecule has 1 aromatic carbocycles. The van der Waals surface area contributed by atoms with E-state index in [1.807, 2.05) is 18.2 Å². The van der Waals surface area contributed by atoms with Crippen molar-refractivity contribution >= 4 is 62.9 Å². The number of fused-ring (bicyclic) bond motifs is 1. The van der Waals surface area contributed by atoms with Crippen LogP contribution in [0.15, 0.2) is 38.4 Å². The second-order valence-electron chi connectivity index (χ2n) is 6.36. The Kier molecular flexibility index (Phi) is 6.39. The van der Waals surface area contributed by atoms with Crippen LogP contribution in [-0.4, -0.2) is 45.8 Å². The highest BCUT2D eigenvalue weighted by Crippen LogP contribution is 2.32. The fourth-order valence-electron chi connectivity index (χ4n) is 3.04. The summed E-state index contributed by atoms with van der Waals surface area (Å²) in [5.41, 5.74) is 1.14. The molecule has 0 radical (unpaired) electrons. The van der Waals surface area contributed by atoms with Crippen LogP contribution in [0.5, 0.6) is 0 Å². The third kappa shape index (κ3) is 4.51. The normalized spacial score (nSPS) is 15.5. The molecule has 9 heteroatoms. The first-order chi connectivity index (χ1) is 13.8. The van der Waals surface area contributed by atoms with Crippen molar-refractivity contribution in [2.24, 2.45) is 0 Å². The number of carbonyl (C=O) groups is 2. The second kappa shape index (κ2) is 8.79. The number of nitrogens with zero attached hydrogens (tertiary/aromatic N) is 2. The van der Waals surface area contributed by atoms with Gasteiger partial charge in [0, 0.05) is 36.8 Å². The van der Waals surface area contributed by atoms with E-state index < -0.39 is 17.5 Å². The van der Waals surface area contributed by atoms with Gasteiger partial charge < -0.3 is 14.4 Å². The number of thioether (sulfide) groups is 1. The highest BCUT2D eigenvalue weighted by molar-refractivity contribution is 8.26. The molecule has 7 nitrogen and oxygen atoms in total. The fraction of sp³-hybridized carbons (Fsp3) is 0.300. The van der Waals surface area contributed by atoms with Crippen molar-refractivity contribution in [1.29, 1.82) is 0 Å². The molecule has 1 aliphatic rings. The van der Waals surface area contributed by atoms with Crippen molar-refractivity contribution in [2.75, 3.05) is 24.5 Å². The maximum Gasteiger partial charge on any atom is 0.343 e. The van der Waals surface area contributed by atoms with Gasteiger partial charge in [-0.15, -0.1) is 0 Å². The second-order valence-corrected chi connectivity index (χ2v) is 8.04. The van der Waals surface area contributed by atoms with Gasteiger partial charge in [-0.1, -0.05) is 24.0 Å². The molecule has 1 fully saturated rings. The van der Waals surface area contributed by atoms with Gasteiger partial charge in [-0.25, -0.2) is 4.79 Å². The molecule has 3 rings (SSSR count). The molecule has 0 aliphatic carbocycles. The van der Waals surface area contributed by atoms with Gasteiger partial charge in [0.1, 0.15) is 9.90 Å². The van der Waals surface area contributed by atoms with E-state index in [0.717, 1.165) is 35.9 Å². The number of hydrogen-bond donors (Lipinski definition) is 1. The third-order valence-electron chi connectivity index (χ3n) is 4.58. The van der Waals surface area contributed by atoms with Gasteiger partial charge in [-0.05, 0) is 38.1 Å². The summed E-state index contributed by atoms with van der Waals surface area (Å²) in [6, 6.07) is 7.35. The van der Waals surface area contributed by atoms with Gasteiger partial charge in [0.25, 0.3) is 5.91 Å². The van der Waals surface area contributed by atoms with Crippen LogP contribution in [0.1, 0.15) is 25.8 Å². The summed E-state index contributed by atoms with van der Waals surface area (Å²) in [6.07, 6.45) is 1.25. The summed E-state index contributed by atoms with van der Waals surface area (Å²) in [5, 5.41) is 9.55. The zero-order chi connectivity index (χ0) is 21.1. The van der Waals surface area contributed by atoms with Crippen LogP contribution in [0, 0.1) is 0 Å².